The number of aromatic nitrogens is 1. The van der Waals surface area contributed by atoms with Crippen molar-refractivity contribution in [3.63, 3.8) is 0 Å². The average molecular weight is 188 g/mol. The SMILES string of the molecule is O=c1cc(Cl)[nH]c2c1SCC2. The lowest BCUT2D eigenvalue weighted by Gasteiger charge is -1.96. The molecule has 1 aromatic heterocycles. The van der Waals surface area contributed by atoms with Crippen molar-refractivity contribution in [3.05, 3.63) is 27.1 Å². The van der Waals surface area contributed by atoms with Crippen molar-refractivity contribution in [2.75, 3.05) is 5.75 Å². The normalized spacial score (nSPS) is 15.0. The summed E-state index contributed by atoms with van der Waals surface area (Å²) in [5.74, 6) is 0.988. The van der Waals surface area contributed by atoms with Gasteiger partial charge in [-0.1, -0.05) is 11.6 Å². The molecular formula is C7H6ClNOS. The van der Waals surface area contributed by atoms with E-state index in [1.807, 2.05) is 0 Å². The summed E-state index contributed by atoms with van der Waals surface area (Å²) in [5.41, 5.74) is 1.04. The number of nitrogens with one attached hydrogen (secondary N) is 1. The number of fused-ring (bicyclic) bond motifs is 1. The van der Waals surface area contributed by atoms with Gasteiger partial charge in [0.1, 0.15) is 5.15 Å². The van der Waals surface area contributed by atoms with E-state index in [-0.39, 0.29) is 5.43 Å². The molecule has 1 aliphatic heterocycles. The summed E-state index contributed by atoms with van der Waals surface area (Å²) < 4.78 is 0. The van der Waals surface area contributed by atoms with Crippen molar-refractivity contribution < 1.29 is 0 Å². The lowest BCUT2D eigenvalue weighted by atomic mass is 10.3. The second kappa shape index (κ2) is 2.57. The highest BCUT2D eigenvalue weighted by molar-refractivity contribution is 7.99. The van der Waals surface area contributed by atoms with Gasteiger partial charge in [0.2, 0.25) is 0 Å². The molecule has 4 heteroatoms. The Morgan fingerprint density at radius 1 is 1.64 bits per heavy atom. The second-order valence-electron chi connectivity index (χ2n) is 2.39. The second-order valence-corrected chi connectivity index (χ2v) is 3.90. The van der Waals surface area contributed by atoms with Crippen LogP contribution in [-0.2, 0) is 6.42 Å². The van der Waals surface area contributed by atoms with Crippen molar-refractivity contribution in [2.45, 2.75) is 11.3 Å². The summed E-state index contributed by atoms with van der Waals surface area (Å²) in [6.07, 6.45) is 0.926. The molecule has 0 spiro atoms. The number of hydrogen-bond acceptors (Lipinski definition) is 2. The summed E-state index contributed by atoms with van der Waals surface area (Å²) in [7, 11) is 0. The molecule has 0 aliphatic carbocycles. The lowest BCUT2D eigenvalue weighted by molar-refractivity contribution is 1.01. The van der Waals surface area contributed by atoms with Crippen molar-refractivity contribution in [1.29, 1.82) is 0 Å². The Balaban J connectivity index is 2.70. The highest BCUT2D eigenvalue weighted by Crippen LogP contribution is 2.26. The predicted molar refractivity (Wildman–Crippen MR) is 46.5 cm³/mol. The standard InChI is InChI=1S/C7H6ClNOS/c8-6-3-5(10)7-4(9-6)1-2-11-7/h3H,1-2H2,(H,9,10). The maximum Gasteiger partial charge on any atom is 0.196 e. The molecule has 0 aromatic carbocycles. The number of aryl methyl sites for hydroxylation is 1. The molecule has 58 valence electrons. The molecule has 2 heterocycles. The summed E-state index contributed by atoms with van der Waals surface area (Å²) in [5, 5.41) is 0.441. The average Bonchev–Trinajstić information content (AvgIpc) is 2.34. The maximum atomic E-state index is 11.2. The molecule has 0 unspecified atom stereocenters. The smallest absolute Gasteiger partial charge is 0.196 e. The topological polar surface area (TPSA) is 32.9 Å². The summed E-state index contributed by atoms with van der Waals surface area (Å²) in [6, 6.07) is 1.43. The fourth-order valence-electron chi connectivity index (χ4n) is 1.16. The van der Waals surface area contributed by atoms with Crippen LogP contribution >= 0.6 is 23.4 Å². The quantitative estimate of drug-likeness (QED) is 0.627. The van der Waals surface area contributed by atoms with Crippen LogP contribution in [0.5, 0.6) is 0 Å². The van der Waals surface area contributed by atoms with Gasteiger partial charge in [-0.05, 0) is 6.42 Å². The van der Waals surface area contributed by atoms with Crippen LogP contribution < -0.4 is 5.43 Å². The number of hydrogen-bond donors (Lipinski definition) is 1. The van der Waals surface area contributed by atoms with Crippen LogP contribution in [0.25, 0.3) is 0 Å². The zero-order chi connectivity index (χ0) is 7.84. The van der Waals surface area contributed by atoms with E-state index in [4.69, 9.17) is 11.6 Å². The third-order valence-electron chi connectivity index (χ3n) is 1.62. The molecule has 0 saturated heterocycles. The maximum absolute atomic E-state index is 11.2. The van der Waals surface area contributed by atoms with Crippen LogP contribution in [0.1, 0.15) is 5.69 Å². The van der Waals surface area contributed by atoms with E-state index in [0.717, 1.165) is 22.8 Å². The number of H-pyrrole nitrogens is 1. The van der Waals surface area contributed by atoms with Crippen LogP contribution in [0.2, 0.25) is 5.15 Å². The van der Waals surface area contributed by atoms with E-state index in [1.54, 1.807) is 11.8 Å². The van der Waals surface area contributed by atoms with E-state index in [0.29, 0.717) is 5.15 Å². The summed E-state index contributed by atoms with van der Waals surface area (Å²) >= 11 is 7.26. The van der Waals surface area contributed by atoms with Crippen LogP contribution in [0, 0.1) is 0 Å². The van der Waals surface area contributed by atoms with Gasteiger partial charge in [-0.3, -0.25) is 4.79 Å². The van der Waals surface area contributed by atoms with Gasteiger partial charge >= 0.3 is 0 Å². The lowest BCUT2D eigenvalue weighted by Crippen LogP contribution is -2.04. The molecule has 2 nitrogen and oxygen atoms in total. The van der Waals surface area contributed by atoms with Crippen LogP contribution in [0.15, 0.2) is 15.8 Å². The van der Waals surface area contributed by atoms with Gasteiger partial charge in [0.15, 0.2) is 5.43 Å². The van der Waals surface area contributed by atoms with Gasteiger partial charge in [-0.2, -0.15) is 0 Å². The van der Waals surface area contributed by atoms with E-state index in [2.05, 4.69) is 4.98 Å². The Bertz CT molecular complexity index is 347. The van der Waals surface area contributed by atoms with Gasteiger partial charge in [0, 0.05) is 17.5 Å². The van der Waals surface area contributed by atoms with E-state index in [9.17, 15) is 4.79 Å². The van der Waals surface area contributed by atoms with Crippen molar-refractivity contribution in [1.82, 2.24) is 4.98 Å². The van der Waals surface area contributed by atoms with Gasteiger partial charge in [0.05, 0.1) is 4.90 Å². The molecule has 0 saturated carbocycles. The minimum atomic E-state index is 0.0475. The minimum Gasteiger partial charge on any atom is -0.348 e. The summed E-state index contributed by atoms with van der Waals surface area (Å²) in [4.78, 5) is 15.0. The number of aromatic amines is 1. The van der Waals surface area contributed by atoms with Gasteiger partial charge < -0.3 is 4.98 Å². The molecule has 1 aromatic rings. The fraction of sp³-hybridized carbons (Fsp3) is 0.286. The van der Waals surface area contributed by atoms with E-state index < -0.39 is 0 Å². The zero-order valence-corrected chi connectivity index (χ0v) is 7.26. The zero-order valence-electron chi connectivity index (χ0n) is 5.69. The third-order valence-corrected chi connectivity index (χ3v) is 2.97. The van der Waals surface area contributed by atoms with Gasteiger partial charge in [-0.15, -0.1) is 11.8 Å². The number of rotatable bonds is 0. The molecule has 0 atom stereocenters. The molecule has 0 fully saturated rings. The molecule has 0 bridgehead atoms. The monoisotopic (exact) mass is 187 g/mol. The molecule has 1 N–H and O–H groups in total. The van der Waals surface area contributed by atoms with Crippen LogP contribution in [-0.4, -0.2) is 10.7 Å². The Morgan fingerprint density at radius 2 is 2.45 bits per heavy atom. The largest absolute Gasteiger partial charge is 0.348 e. The Labute approximate surface area is 73.0 Å². The molecule has 11 heavy (non-hydrogen) atoms. The van der Waals surface area contributed by atoms with Crippen molar-refractivity contribution >= 4 is 23.4 Å². The van der Waals surface area contributed by atoms with Crippen molar-refractivity contribution in [2.24, 2.45) is 0 Å². The number of thioether (sulfide) groups is 1. The molecular weight excluding hydrogens is 182 g/mol. The van der Waals surface area contributed by atoms with E-state index in [1.165, 1.54) is 6.07 Å². The Kier molecular flexibility index (Phi) is 1.69. The first kappa shape index (κ1) is 7.25. The molecule has 0 amide bonds. The highest BCUT2D eigenvalue weighted by Gasteiger charge is 2.15. The Hall–Kier alpha value is -0.410. The highest BCUT2D eigenvalue weighted by atomic mass is 35.5. The predicted octanol–water partition coefficient (Wildman–Crippen LogP) is 1.68. The van der Waals surface area contributed by atoms with Gasteiger partial charge in [-0.25, -0.2) is 0 Å². The van der Waals surface area contributed by atoms with Crippen LogP contribution in [0.3, 0.4) is 0 Å². The Morgan fingerprint density at radius 3 is 3.27 bits per heavy atom. The number of pyridine rings is 1. The fourth-order valence-corrected chi connectivity index (χ4v) is 2.41. The third kappa shape index (κ3) is 1.19. The summed E-state index contributed by atoms with van der Waals surface area (Å²) in [6.45, 7) is 0. The van der Waals surface area contributed by atoms with Gasteiger partial charge in [0.25, 0.3) is 0 Å². The molecule has 2 rings (SSSR count). The number of halogens is 1. The molecule has 1 aliphatic rings. The molecule has 0 radical (unpaired) electrons. The van der Waals surface area contributed by atoms with E-state index >= 15 is 0 Å². The first-order chi connectivity index (χ1) is 5.27. The first-order valence-corrected chi connectivity index (χ1v) is 4.68. The van der Waals surface area contributed by atoms with Crippen LogP contribution in [0.4, 0.5) is 0 Å². The minimum absolute atomic E-state index is 0.0475. The first-order valence-electron chi connectivity index (χ1n) is 3.32. The van der Waals surface area contributed by atoms with Crippen molar-refractivity contribution in [3.8, 4) is 0 Å².